The minimum Gasteiger partial charge on any atom is -0.508 e. The Kier molecular flexibility index (Phi) is 5.12. The molecule has 0 radical (unpaired) electrons. The molecule has 3 N–H and O–H groups in total. The third-order valence-corrected chi connectivity index (χ3v) is 2.37. The Balaban J connectivity index is 2.78. The number of ether oxygens (including phenoxy) is 1. The number of nitrogens with one attached hydrogen (secondary N) is 1. The van der Waals surface area contributed by atoms with Gasteiger partial charge >= 0.3 is 12.1 Å². The van der Waals surface area contributed by atoms with Crippen LogP contribution in [-0.4, -0.2) is 33.9 Å². The summed E-state index contributed by atoms with van der Waals surface area (Å²) in [6, 6.07) is 1.93. The maximum Gasteiger partial charge on any atom is 0.408 e. The first kappa shape index (κ1) is 16.7. The molecule has 116 valence electrons. The van der Waals surface area contributed by atoms with Crippen LogP contribution in [-0.2, 0) is 16.0 Å². The van der Waals surface area contributed by atoms with Crippen LogP contribution in [0.4, 0.5) is 9.18 Å². The molecule has 0 unspecified atom stereocenters. The molecule has 0 saturated carbocycles. The van der Waals surface area contributed by atoms with Crippen LogP contribution in [0.5, 0.6) is 5.75 Å². The fourth-order valence-electron chi connectivity index (χ4n) is 1.64. The lowest BCUT2D eigenvalue weighted by atomic mass is 10.1. The molecule has 21 heavy (non-hydrogen) atoms. The predicted octanol–water partition coefficient (Wildman–Crippen LogP) is 2.05. The van der Waals surface area contributed by atoms with E-state index < -0.39 is 29.5 Å². The molecule has 1 aromatic carbocycles. The number of hydrogen-bond donors (Lipinski definition) is 3. The molecule has 1 rings (SSSR count). The number of halogens is 1. The number of aliphatic carboxylic acids is 1. The number of rotatable bonds is 4. The molecule has 0 aliphatic rings. The van der Waals surface area contributed by atoms with Crippen LogP contribution < -0.4 is 5.32 Å². The summed E-state index contributed by atoms with van der Waals surface area (Å²) < 4.78 is 18.1. The van der Waals surface area contributed by atoms with Crippen molar-refractivity contribution in [2.75, 3.05) is 0 Å². The Morgan fingerprint density at radius 2 is 1.95 bits per heavy atom. The van der Waals surface area contributed by atoms with Gasteiger partial charge in [-0.2, -0.15) is 0 Å². The third-order valence-electron chi connectivity index (χ3n) is 2.37. The van der Waals surface area contributed by atoms with E-state index in [2.05, 4.69) is 5.32 Å². The lowest BCUT2D eigenvalue weighted by molar-refractivity contribution is -0.139. The monoisotopic (exact) mass is 299 g/mol. The largest absolute Gasteiger partial charge is 0.508 e. The zero-order valence-corrected chi connectivity index (χ0v) is 12.0. The molecule has 0 aliphatic heterocycles. The van der Waals surface area contributed by atoms with Gasteiger partial charge in [-0.25, -0.2) is 14.0 Å². The summed E-state index contributed by atoms with van der Waals surface area (Å²) >= 11 is 0. The SMILES string of the molecule is CC(C)(C)OC(=O)N[C@@H](Cc1cc(O)cc(F)c1)C(=O)O. The molecule has 0 fully saturated rings. The van der Waals surface area contributed by atoms with Gasteiger partial charge in [-0.3, -0.25) is 0 Å². The normalized spacial score (nSPS) is 12.6. The zero-order valence-electron chi connectivity index (χ0n) is 12.0. The molecule has 7 heteroatoms. The van der Waals surface area contributed by atoms with Crippen LogP contribution >= 0.6 is 0 Å². The van der Waals surface area contributed by atoms with Gasteiger partial charge < -0.3 is 20.3 Å². The molecule has 1 aromatic rings. The highest BCUT2D eigenvalue weighted by atomic mass is 19.1. The molecule has 1 atom stereocenters. The van der Waals surface area contributed by atoms with Gasteiger partial charge in [0.1, 0.15) is 23.2 Å². The van der Waals surface area contributed by atoms with Gasteiger partial charge in [0.25, 0.3) is 0 Å². The van der Waals surface area contributed by atoms with Crippen molar-refractivity contribution >= 4 is 12.1 Å². The smallest absolute Gasteiger partial charge is 0.408 e. The minimum absolute atomic E-state index is 0.181. The quantitative estimate of drug-likeness (QED) is 0.790. The Morgan fingerprint density at radius 1 is 1.33 bits per heavy atom. The predicted molar refractivity (Wildman–Crippen MR) is 72.6 cm³/mol. The lowest BCUT2D eigenvalue weighted by Gasteiger charge is -2.22. The molecule has 0 spiro atoms. The minimum atomic E-state index is -1.29. The van der Waals surface area contributed by atoms with E-state index in [1.54, 1.807) is 20.8 Å². The highest BCUT2D eigenvalue weighted by Crippen LogP contribution is 2.16. The fraction of sp³-hybridized carbons (Fsp3) is 0.429. The highest BCUT2D eigenvalue weighted by Gasteiger charge is 2.24. The van der Waals surface area contributed by atoms with E-state index in [1.807, 2.05) is 0 Å². The number of alkyl carbamates (subject to hydrolysis) is 1. The molecule has 0 heterocycles. The summed E-state index contributed by atoms with van der Waals surface area (Å²) in [6.07, 6.45) is -1.06. The Labute approximate surface area is 121 Å². The van der Waals surface area contributed by atoms with E-state index in [4.69, 9.17) is 9.84 Å². The van der Waals surface area contributed by atoms with Gasteiger partial charge in [-0.15, -0.1) is 0 Å². The second-order valence-corrected chi connectivity index (χ2v) is 5.56. The van der Waals surface area contributed by atoms with Gasteiger partial charge in [0.05, 0.1) is 0 Å². The molecule has 1 amide bonds. The number of carboxylic acids is 1. The maximum atomic E-state index is 13.1. The Morgan fingerprint density at radius 3 is 2.43 bits per heavy atom. The van der Waals surface area contributed by atoms with Crippen LogP contribution in [0.15, 0.2) is 18.2 Å². The van der Waals surface area contributed by atoms with E-state index in [0.29, 0.717) is 0 Å². The van der Waals surface area contributed by atoms with E-state index in [1.165, 1.54) is 6.07 Å². The summed E-state index contributed by atoms with van der Waals surface area (Å²) in [5, 5.41) is 20.6. The van der Waals surface area contributed by atoms with Crippen molar-refractivity contribution in [2.45, 2.75) is 38.8 Å². The summed E-state index contributed by atoms with van der Waals surface area (Å²) in [5.41, 5.74) is -0.513. The first-order valence-electron chi connectivity index (χ1n) is 6.27. The van der Waals surface area contributed by atoms with E-state index in [-0.39, 0.29) is 17.7 Å². The first-order valence-corrected chi connectivity index (χ1v) is 6.27. The summed E-state index contributed by atoms with van der Waals surface area (Å²) in [7, 11) is 0. The van der Waals surface area contributed by atoms with Gasteiger partial charge in [0, 0.05) is 12.5 Å². The van der Waals surface area contributed by atoms with E-state index >= 15 is 0 Å². The average molecular weight is 299 g/mol. The topological polar surface area (TPSA) is 95.9 Å². The molecule has 0 saturated heterocycles. The van der Waals surface area contributed by atoms with Crippen LogP contribution in [0.1, 0.15) is 26.3 Å². The second-order valence-electron chi connectivity index (χ2n) is 5.56. The van der Waals surface area contributed by atoms with Crippen molar-refractivity contribution in [1.82, 2.24) is 5.32 Å². The number of carbonyl (C=O) groups excluding carboxylic acids is 1. The third kappa shape index (κ3) is 6.11. The van der Waals surface area contributed by atoms with Crippen molar-refractivity contribution in [3.63, 3.8) is 0 Å². The number of phenols is 1. The number of aromatic hydroxyl groups is 1. The zero-order chi connectivity index (χ0) is 16.2. The maximum absolute atomic E-state index is 13.1. The number of carbonyl (C=O) groups is 2. The van der Waals surface area contributed by atoms with Crippen LogP contribution in [0.25, 0.3) is 0 Å². The van der Waals surface area contributed by atoms with Gasteiger partial charge in [-0.05, 0) is 38.5 Å². The fourth-order valence-corrected chi connectivity index (χ4v) is 1.64. The van der Waals surface area contributed by atoms with E-state index in [0.717, 1.165) is 12.1 Å². The number of phenolic OH excluding ortho intramolecular Hbond substituents is 1. The number of benzene rings is 1. The van der Waals surface area contributed by atoms with Crippen molar-refractivity contribution in [3.05, 3.63) is 29.6 Å². The van der Waals surface area contributed by atoms with E-state index in [9.17, 15) is 19.1 Å². The number of carboxylic acid groups (broad SMARTS) is 1. The lowest BCUT2D eigenvalue weighted by Crippen LogP contribution is -2.44. The standard InChI is InChI=1S/C14H18FNO5/c1-14(2,3)21-13(20)16-11(12(18)19)6-8-4-9(15)7-10(17)5-8/h4-5,7,11,17H,6H2,1-3H3,(H,16,20)(H,18,19)/t11-/m0/s1. The molecular formula is C14H18FNO5. The van der Waals surface area contributed by atoms with Crippen LogP contribution in [0, 0.1) is 5.82 Å². The van der Waals surface area contributed by atoms with Crippen LogP contribution in [0.2, 0.25) is 0 Å². The second kappa shape index (κ2) is 6.43. The Hall–Kier alpha value is -2.31. The summed E-state index contributed by atoms with van der Waals surface area (Å²) in [6.45, 7) is 4.94. The Bertz CT molecular complexity index is 518. The summed E-state index contributed by atoms with van der Waals surface area (Å²) in [5.74, 6) is -2.29. The first-order chi connectivity index (χ1) is 9.56. The van der Waals surface area contributed by atoms with Crippen molar-refractivity contribution in [2.24, 2.45) is 0 Å². The molecule has 0 bridgehead atoms. The van der Waals surface area contributed by atoms with Crippen LogP contribution in [0.3, 0.4) is 0 Å². The number of amides is 1. The molecule has 6 nitrogen and oxygen atoms in total. The number of hydrogen-bond acceptors (Lipinski definition) is 4. The molecule has 0 aromatic heterocycles. The van der Waals surface area contributed by atoms with Gasteiger partial charge in [0.15, 0.2) is 0 Å². The van der Waals surface area contributed by atoms with Crippen molar-refractivity contribution in [3.8, 4) is 5.75 Å². The summed E-state index contributed by atoms with van der Waals surface area (Å²) in [4.78, 5) is 22.7. The average Bonchev–Trinajstić information content (AvgIpc) is 2.23. The molecular weight excluding hydrogens is 281 g/mol. The van der Waals surface area contributed by atoms with Crippen molar-refractivity contribution in [1.29, 1.82) is 0 Å². The highest BCUT2D eigenvalue weighted by molar-refractivity contribution is 5.80. The van der Waals surface area contributed by atoms with Gasteiger partial charge in [0.2, 0.25) is 0 Å². The molecule has 0 aliphatic carbocycles. The van der Waals surface area contributed by atoms with Gasteiger partial charge in [-0.1, -0.05) is 0 Å². The van der Waals surface area contributed by atoms with Crippen molar-refractivity contribution < 1.29 is 28.9 Å².